The third-order valence-corrected chi connectivity index (χ3v) is 2.93. The molecule has 17 heavy (non-hydrogen) atoms. The molecular formula is C12H24N2O2S. The normalized spacial score (nSPS) is 12.2. The third-order valence-electron chi connectivity index (χ3n) is 2.52. The topological polar surface area (TPSA) is 55.6 Å². The van der Waals surface area contributed by atoms with Gasteiger partial charge in [0, 0.05) is 25.6 Å². The van der Waals surface area contributed by atoms with Gasteiger partial charge in [-0.2, -0.15) is 0 Å². The van der Waals surface area contributed by atoms with Crippen LogP contribution in [-0.4, -0.2) is 42.1 Å². The summed E-state index contributed by atoms with van der Waals surface area (Å²) in [6, 6.07) is 0. The molecule has 0 spiro atoms. The number of carbonyl (C=O) groups is 1. The fraction of sp³-hybridized carbons (Fsp3) is 0.833. The van der Waals surface area contributed by atoms with E-state index in [1.54, 1.807) is 4.90 Å². The van der Waals surface area contributed by atoms with Crippen LogP contribution < -0.4 is 5.73 Å². The summed E-state index contributed by atoms with van der Waals surface area (Å²) in [4.78, 5) is 14.1. The molecule has 5 heteroatoms. The lowest BCUT2D eigenvalue weighted by Gasteiger charge is -2.24. The van der Waals surface area contributed by atoms with Gasteiger partial charge in [0.1, 0.15) is 0 Å². The Hall–Kier alpha value is -0.680. The Morgan fingerprint density at radius 1 is 1.41 bits per heavy atom. The molecule has 0 bridgehead atoms. The summed E-state index contributed by atoms with van der Waals surface area (Å²) >= 11 is 4.91. The Balaban J connectivity index is 3.99. The van der Waals surface area contributed by atoms with Crippen molar-refractivity contribution in [3.8, 4) is 0 Å². The molecule has 0 heterocycles. The zero-order valence-corrected chi connectivity index (χ0v) is 11.9. The average molecular weight is 260 g/mol. The standard InChI is InChI=1S/C12H24N2O2S/c1-4-7-16-8-6-11(15)14(5-2)9-10(3)12(13)17/h10H,4-9H2,1-3H3,(H2,13,17). The van der Waals surface area contributed by atoms with E-state index in [1.165, 1.54) is 0 Å². The Morgan fingerprint density at radius 2 is 2.06 bits per heavy atom. The van der Waals surface area contributed by atoms with Gasteiger partial charge >= 0.3 is 0 Å². The van der Waals surface area contributed by atoms with Crippen LogP contribution in [0, 0.1) is 5.92 Å². The monoisotopic (exact) mass is 260 g/mol. The van der Waals surface area contributed by atoms with Crippen LogP contribution >= 0.6 is 12.2 Å². The van der Waals surface area contributed by atoms with Gasteiger partial charge in [0.2, 0.25) is 5.91 Å². The maximum absolute atomic E-state index is 11.9. The quantitative estimate of drug-likeness (QED) is 0.505. The Morgan fingerprint density at radius 3 is 2.53 bits per heavy atom. The van der Waals surface area contributed by atoms with Crippen molar-refractivity contribution < 1.29 is 9.53 Å². The Labute approximate surface area is 109 Å². The van der Waals surface area contributed by atoms with Gasteiger partial charge in [-0.05, 0) is 13.3 Å². The number of nitrogens with two attached hydrogens (primary N) is 1. The largest absolute Gasteiger partial charge is 0.393 e. The summed E-state index contributed by atoms with van der Waals surface area (Å²) in [5, 5.41) is 0. The first-order valence-electron chi connectivity index (χ1n) is 6.17. The minimum absolute atomic E-state index is 0.0606. The second-order valence-electron chi connectivity index (χ2n) is 4.10. The maximum Gasteiger partial charge on any atom is 0.224 e. The molecule has 0 aromatic heterocycles. The molecule has 0 aliphatic rings. The van der Waals surface area contributed by atoms with Crippen LogP contribution in [-0.2, 0) is 9.53 Å². The van der Waals surface area contributed by atoms with Crippen molar-refractivity contribution in [2.75, 3.05) is 26.3 Å². The molecule has 0 aliphatic heterocycles. The second kappa shape index (κ2) is 9.36. The number of ether oxygens (including phenoxy) is 1. The molecule has 0 saturated carbocycles. The first kappa shape index (κ1) is 16.3. The van der Waals surface area contributed by atoms with Crippen LogP contribution in [0.15, 0.2) is 0 Å². The summed E-state index contributed by atoms with van der Waals surface area (Å²) in [6.45, 7) is 8.41. The molecule has 0 saturated heterocycles. The molecule has 4 nitrogen and oxygen atoms in total. The maximum atomic E-state index is 11.9. The first-order chi connectivity index (χ1) is 8.02. The highest BCUT2D eigenvalue weighted by Crippen LogP contribution is 2.03. The van der Waals surface area contributed by atoms with Gasteiger partial charge in [-0.1, -0.05) is 26.1 Å². The van der Waals surface area contributed by atoms with Crippen LogP contribution in [0.3, 0.4) is 0 Å². The molecule has 1 amide bonds. The van der Waals surface area contributed by atoms with Crippen molar-refractivity contribution in [1.82, 2.24) is 4.90 Å². The minimum atomic E-state index is 0.0606. The van der Waals surface area contributed by atoms with Crippen LogP contribution in [0.25, 0.3) is 0 Å². The van der Waals surface area contributed by atoms with E-state index in [1.807, 2.05) is 20.8 Å². The van der Waals surface area contributed by atoms with E-state index in [4.69, 9.17) is 22.7 Å². The van der Waals surface area contributed by atoms with E-state index in [0.717, 1.165) is 6.42 Å². The van der Waals surface area contributed by atoms with Crippen molar-refractivity contribution in [3.05, 3.63) is 0 Å². The number of hydrogen-bond acceptors (Lipinski definition) is 3. The molecule has 0 fully saturated rings. The Bertz CT molecular complexity index is 247. The number of thiocarbonyl (C=S) groups is 1. The number of carbonyl (C=O) groups excluding carboxylic acids is 1. The molecule has 0 radical (unpaired) electrons. The van der Waals surface area contributed by atoms with Crippen LogP contribution in [0.4, 0.5) is 0 Å². The predicted molar refractivity (Wildman–Crippen MR) is 73.9 cm³/mol. The Kier molecular flexibility index (Phi) is 8.99. The molecule has 100 valence electrons. The summed E-state index contributed by atoms with van der Waals surface area (Å²) < 4.78 is 5.30. The van der Waals surface area contributed by atoms with Gasteiger partial charge in [0.25, 0.3) is 0 Å². The second-order valence-corrected chi connectivity index (χ2v) is 4.57. The van der Waals surface area contributed by atoms with Crippen molar-refractivity contribution in [2.24, 2.45) is 11.7 Å². The number of nitrogens with zero attached hydrogens (tertiary/aromatic N) is 1. The van der Waals surface area contributed by atoms with Gasteiger partial charge in [-0.25, -0.2) is 0 Å². The lowest BCUT2D eigenvalue weighted by atomic mass is 10.1. The van der Waals surface area contributed by atoms with Crippen molar-refractivity contribution in [2.45, 2.75) is 33.6 Å². The SMILES string of the molecule is CCCOCCC(=O)N(CC)CC(C)C(N)=S. The van der Waals surface area contributed by atoms with Gasteiger partial charge < -0.3 is 15.4 Å². The smallest absolute Gasteiger partial charge is 0.224 e. The lowest BCUT2D eigenvalue weighted by Crippen LogP contribution is -2.38. The van der Waals surface area contributed by atoms with Gasteiger partial charge in [-0.15, -0.1) is 0 Å². The molecule has 0 aliphatic carbocycles. The number of rotatable bonds is 9. The van der Waals surface area contributed by atoms with Crippen molar-refractivity contribution >= 4 is 23.1 Å². The van der Waals surface area contributed by atoms with E-state index in [2.05, 4.69) is 0 Å². The highest BCUT2D eigenvalue weighted by molar-refractivity contribution is 7.80. The van der Waals surface area contributed by atoms with Crippen LogP contribution in [0.1, 0.15) is 33.6 Å². The highest BCUT2D eigenvalue weighted by Gasteiger charge is 2.15. The summed E-state index contributed by atoms with van der Waals surface area (Å²) in [6.07, 6.45) is 1.40. The predicted octanol–water partition coefficient (Wildman–Crippen LogP) is 1.57. The van der Waals surface area contributed by atoms with Crippen LogP contribution in [0.2, 0.25) is 0 Å². The average Bonchev–Trinajstić information content (AvgIpc) is 2.30. The summed E-state index contributed by atoms with van der Waals surface area (Å²) in [7, 11) is 0. The van der Waals surface area contributed by atoms with Crippen molar-refractivity contribution in [3.63, 3.8) is 0 Å². The zero-order valence-electron chi connectivity index (χ0n) is 11.1. The van der Waals surface area contributed by atoms with E-state index >= 15 is 0 Å². The molecule has 1 atom stereocenters. The van der Waals surface area contributed by atoms with Crippen LogP contribution in [0.5, 0.6) is 0 Å². The van der Waals surface area contributed by atoms with Gasteiger partial charge in [-0.3, -0.25) is 4.79 Å². The van der Waals surface area contributed by atoms with E-state index < -0.39 is 0 Å². The lowest BCUT2D eigenvalue weighted by molar-refractivity contribution is -0.132. The van der Waals surface area contributed by atoms with Crippen molar-refractivity contribution in [1.29, 1.82) is 0 Å². The van der Waals surface area contributed by atoms with Gasteiger partial charge in [0.15, 0.2) is 0 Å². The highest BCUT2D eigenvalue weighted by atomic mass is 32.1. The summed E-state index contributed by atoms with van der Waals surface area (Å²) in [5.41, 5.74) is 5.55. The fourth-order valence-corrected chi connectivity index (χ4v) is 1.47. The van der Waals surface area contributed by atoms with E-state index in [9.17, 15) is 4.79 Å². The molecule has 0 aromatic carbocycles. The molecule has 0 aromatic rings. The molecular weight excluding hydrogens is 236 g/mol. The third kappa shape index (κ3) is 7.28. The molecule has 0 rings (SSSR count). The summed E-state index contributed by atoms with van der Waals surface area (Å²) in [5.74, 6) is 0.164. The number of hydrogen-bond donors (Lipinski definition) is 1. The van der Waals surface area contributed by atoms with E-state index in [-0.39, 0.29) is 11.8 Å². The minimum Gasteiger partial charge on any atom is -0.393 e. The number of amides is 1. The zero-order chi connectivity index (χ0) is 13.3. The first-order valence-corrected chi connectivity index (χ1v) is 6.58. The van der Waals surface area contributed by atoms with Gasteiger partial charge in [0.05, 0.1) is 18.0 Å². The molecule has 2 N–H and O–H groups in total. The van der Waals surface area contributed by atoms with E-state index in [0.29, 0.717) is 37.7 Å². The molecule has 1 unspecified atom stereocenters. The fourth-order valence-electron chi connectivity index (χ4n) is 1.39.